The number of carbonyl (C=O) groups is 1. The fourth-order valence-electron chi connectivity index (χ4n) is 1.90. The predicted molar refractivity (Wildman–Crippen MR) is 86.3 cm³/mol. The van der Waals surface area contributed by atoms with E-state index in [2.05, 4.69) is 9.46 Å². The molecule has 0 saturated carbocycles. The number of benzene rings is 2. The van der Waals surface area contributed by atoms with Crippen LogP contribution in [0.2, 0.25) is 0 Å². The lowest BCUT2D eigenvalue weighted by Gasteiger charge is -2.10. The second-order valence-corrected chi connectivity index (χ2v) is 6.44. The molecule has 0 heterocycles. The van der Waals surface area contributed by atoms with E-state index in [1.54, 1.807) is 6.92 Å². The fraction of sp³-hybridized carbons (Fsp3) is 0.188. The predicted octanol–water partition coefficient (Wildman–Crippen LogP) is 3.27. The van der Waals surface area contributed by atoms with Gasteiger partial charge in [-0.2, -0.15) is 8.78 Å². The number of alkyl halides is 2. The molecule has 1 N–H and O–H groups in total. The lowest BCUT2D eigenvalue weighted by molar-refractivity contribution is -0.0498. The van der Waals surface area contributed by atoms with Crippen LogP contribution in [-0.2, 0) is 14.8 Å². The van der Waals surface area contributed by atoms with Gasteiger partial charge in [-0.05, 0) is 55.5 Å². The second kappa shape index (κ2) is 7.93. The largest absolute Gasteiger partial charge is 0.462 e. The number of hydrogen-bond donors (Lipinski definition) is 1. The first kappa shape index (κ1) is 18.7. The Balaban J connectivity index is 2.12. The molecule has 6 nitrogen and oxygen atoms in total. The smallest absolute Gasteiger partial charge is 0.387 e. The van der Waals surface area contributed by atoms with Crippen molar-refractivity contribution in [3.63, 3.8) is 0 Å². The van der Waals surface area contributed by atoms with E-state index in [1.165, 1.54) is 48.5 Å². The van der Waals surface area contributed by atoms with E-state index >= 15 is 0 Å². The van der Waals surface area contributed by atoms with Crippen LogP contribution in [0.3, 0.4) is 0 Å². The van der Waals surface area contributed by atoms with Crippen LogP contribution < -0.4 is 9.46 Å². The minimum absolute atomic E-state index is 0.0616. The standard InChI is InChI=1S/C16H15F2NO5S/c1-2-23-15(20)11-3-9-14(10-4-11)25(21,22)19-12-5-7-13(8-6-12)24-16(17)18/h3-10,16,19H,2H2,1H3. The zero-order valence-electron chi connectivity index (χ0n) is 13.1. The molecular formula is C16H15F2NO5S. The summed E-state index contributed by atoms with van der Waals surface area (Å²) in [4.78, 5) is 11.5. The van der Waals surface area contributed by atoms with E-state index < -0.39 is 22.6 Å². The highest BCUT2D eigenvalue weighted by molar-refractivity contribution is 7.92. The Morgan fingerprint density at radius 3 is 2.20 bits per heavy atom. The van der Waals surface area contributed by atoms with Crippen molar-refractivity contribution in [1.29, 1.82) is 0 Å². The van der Waals surface area contributed by atoms with Crippen molar-refractivity contribution < 1.29 is 31.5 Å². The van der Waals surface area contributed by atoms with Gasteiger partial charge in [0.05, 0.1) is 17.1 Å². The number of halogens is 2. The summed E-state index contributed by atoms with van der Waals surface area (Å²) in [5.41, 5.74) is 0.408. The van der Waals surface area contributed by atoms with Crippen LogP contribution in [0.15, 0.2) is 53.4 Å². The molecule has 134 valence electrons. The van der Waals surface area contributed by atoms with E-state index in [0.29, 0.717) is 0 Å². The monoisotopic (exact) mass is 371 g/mol. The quantitative estimate of drug-likeness (QED) is 0.756. The van der Waals surface area contributed by atoms with Crippen molar-refractivity contribution in [3.05, 3.63) is 54.1 Å². The summed E-state index contributed by atoms with van der Waals surface area (Å²) in [5.74, 6) is -0.634. The number of sulfonamides is 1. The Kier molecular flexibility index (Phi) is 5.92. The summed E-state index contributed by atoms with van der Waals surface area (Å²) in [7, 11) is -3.90. The minimum atomic E-state index is -3.90. The van der Waals surface area contributed by atoms with Crippen LogP contribution in [0.25, 0.3) is 0 Å². The molecule has 0 aliphatic rings. The summed E-state index contributed by atoms with van der Waals surface area (Å²) in [6.07, 6.45) is 0. The summed E-state index contributed by atoms with van der Waals surface area (Å²) >= 11 is 0. The van der Waals surface area contributed by atoms with Gasteiger partial charge in [-0.15, -0.1) is 0 Å². The lowest BCUT2D eigenvalue weighted by Crippen LogP contribution is -2.13. The number of nitrogens with one attached hydrogen (secondary N) is 1. The molecule has 2 rings (SSSR count). The Morgan fingerprint density at radius 2 is 1.68 bits per heavy atom. The van der Waals surface area contributed by atoms with Crippen molar-refractivity contribution in [2.75, 3.05) is 11.3 Å². The Labute approximate surface area is 143 Å². The first-order valence-corrected chi connectivity index (χ1v) is 8.65. The van der Waals surface area contributed by atoms with E-state index in [0.717, 1.165) is 0 Å². The second-order valence-electron chi connectivity index (χ2n) is 4.75. The zero-order valence-corrected chi connectivity index (χ0v) is 13.9. The van der Waals surface area contributed by atoms with E-state index in [9.17, 15) is 22.0 Å². The maximum atomic E-state index is 12.3. The number of anilines is 1. The van der Waals surface area contributed by atoms with Gasteiger partial charge in [0.1, 0.15) is 5.75 Å². The number of carbonyl (C=O) groups excluding carboxylic acids is 1. The molecule has 0 unspecified atom stereocenters. The van der Waals surface area contributed by atoms with Gasteiger partial charge in [0.15, 0.2) is 0 Å². The van der Waals surface area contributed by atoms with Crippen LogP contribution >= 0.6 is 0 Å². The minimum Gasteiger partial charge on any atom is -0.462 e. The van der Waals surface area contributed by atoms with Crippen LogP contribution in [0.4, 0.5) is 14.5 Å². The van der Waals surface area contributed by atoms with Crippen molar-refractivity contribution in [1.82, 2.24) is 0 Å². The van der Waals surface area contributed by atoms with E-state index in [1.807, 2.05) is 0 Å². The highest BCUT2D eigenvalue weighted by atomic mass is 32.2. The number of rotatable bonds is 7. The fourth-order valence-corrected chi connectivity index (χ4v) is 2.96. The normalized spacial score (nSPS) is 11.2. The average molecular weight is 371 g/mol. The molecule has 0 aliphatic carbocycles. The first-order valence-electron chi connectivity index (χ1n) is 7.16. The number of ether oxygens (including phenoxy) is 2. The van der Waals surface area contributed by atoms with E-state index in [-0.39, 0.29) is 28.5 Å². The summed E-state index contributed by atoms with van der Waals surface area (Å²) in [6, 6.07) is 10.2. The molecule has 0 spiro atoms. The Morgan fingerprint density at radius 1 is 1.08 bits per heavy atom. The molecular weight excluding hydrogens is 356 g/mol. The molecule has 0 fully saturated rings. The first-order chi connectivity index (χ1) is 11.8. The van der Waals surface area contributed by atoms with Gasteiger partial charge in [-0.1, -0.05) is 0 Å². The SMILES string of the molecule is CCOC(=O)c1ccc(S(=O)(=O)Nc2ccc(OC(F)F)cc2)cc1. The topological polar surface area (TPSA) is 81.7 Å². The molecule has 0 aliphatic heterocycles. The molecule has 0 aromatic heterocycles. The van der Waals surface area contributed by atoms with Crippen LogP contribution in [0, 0.1) is 0 Å². The number of esters is 1. The molecule has 0 saturated heterocycles. The molecule has 0 radical (unpaired) electrons. The average Bonchev–Trinajstić information content (AvgIpc) is 2.56. The number of hydrogen-bond acceptors (Lipinski definition) is 5. The third-order valence-corrected chi connectivity index (χ3v) is 4.40. The summed E-state index contributed by atoms with van der Waals surface area (Å²) in [6.45, 7) is -1.08. The van der Waals surface area contributed by atoms with Crippen LogP contribution in [-0.4, -0.2) is 27.6 Å². The van der Waals surface area contributed by atoms with Crippen molar-refractivity contribution in [3.8, 4) is 5.75 Å². The molecule has 0 amide bonds. The maximum Gasteiger partial charge on any atom is 0.387 e. The third-order valence-electron chi connectivity index (χ3n) is 3.01. The van der Waals surface area contributed by atoms with Gasteiger partial charge in [-0.3, -0.25) is 4.72 Å². The van der Waals surface area contributed by atoms with Gasteiger partial charge in [0, 0.05) is 5.69 Å². The van der Waals surface area contributed by atoms with Gasteiger partial charge >= 0.3 is 12.6 Å². The van der Waals surface area contributed by atoms with E-state index in [4.69, 9.17) is 4.74 Å². The molecule has 2 aromatic carbocycles. The van der Waals surface area contributed by atoms with Crippen molar-refractivity contribution >= 4 is 21.7 Å². The third kappa shape index (κ3) is 5.15. The highest BCUT2D eigenvalue weighted by Gasteiger charge is 2.16. The van der Waals surface area contributed by atoms with Crippen LogP contribution in [0.1, 0.15) is 17.3 Å². The van der Waals surface area contributed by atoms with Crippen molar-refractivity contribution in [2.45, 2.75) is 18.4 Å². The highest BCUT2D eigenvalue weighted by Crippen LogP contribution is 2.21. The Bertz CT molecular complexity index is 821. The van der Waals surface area contributed by atoms with Crippen LogP contribution in [0.5, 0.6) is 5.75 Å². The summed E-state index contributed by atoms with van der Waals surface area (Å²) in [5, 5.41) is 0. The maximum absolute atomic E-state index is 12.3. The molecule has 9 heteroatoms. The van der Waals surface area contributed by atoms with Gasteiger partial charge in [-0.25, -0.2) is 13.2 Å². The van der Waals surface area contributed by atoms with Crippen molar-refractivity contribution in [2.24, 2.45) is 0 Å². The zero-order chi connectivity index (χ0) is 18.4. The lowest BCUT2D eigenvalue weighted by atomic mass is 10.2. The molecule has 0 bridgehead atoms. The molecule has 2 aromatic rings. The van der Waals surface area contributed by atoms with Gasteiger partial charge in [0.25, 0.3) is 10.0 Å². The molecule has 25 heavy (non-hydrogen) atoms. The van der Waals surface area contributed by atoms with Gasteiger partial charge < -0.3 is 9.47 Å². The Hall–Kier alpha value is -2.68. The van der Waals surface area contributed by atoms with Gasteiger partial charge in [0.2, 0.25) is 0 Å². The molecule has 0 atom stereocenters. The summed E-state index contributed by atoms with van der Waals surface area (Å²) < 4.78 is 60.1.